The van der Waals surface area contributed by atoms with Crippen molar-refractivity contribution in [2.45, 2.75) is 64.5 Å². The number of nitrogens with zero attached hydrogens (tertiary/aromatic N) is 3. The average molecular weight is 364 g/mol. The van der Waals surface area contributed by atoms with Crippen LogP contribution in [-0.2, 0) is 16.0 Å². The van der Waals surface area contributed by atoms with Crippen LogP contribution in [-0.4, -0.2) is 64.8 Å². The largest absolute Gasteiger partial charge is 0.483 e. The molecule has 2 N–H and O–H groups in total. The van der Waals surface area contributed by atoms with Gasteiger partial charge >= 0.3 is 0 Å². The number of anilines is 1. The van der Waals surface area contributed by atoms with Gasteiger partial charge in [-0.2, -0.15) is 0 Å². The summed E-state index contributed by atoms with van der Waals surface area (Å²) in [5.41, 5.74) is 1.25. The Kier molecular flexibility index (Phi) is 8.77. The molecule has 146 valence electrons. The lowest BCUT2D eigenvalue weighted by Gasteiger charge is -2.34. The summed E-state index contributed by atoms with van der Waals surface area (Å²) in [6.07, 6.45) is 9.46. The van der Waals surface area contributed by atoms with Crippen molar-refractivity contribution < 1.29 is 14.6 Å². The van der Waals surface area contributed by atoms with E-state index >= 15 is 0 Å². The van der Waals surface area contributed by atoms with Crippen LogP contribution in [0.15, 0.2) is 6.20 Å². The van der Waals surface area contributed by atoms with Gasteiger partial charge < -0.3 is 20.1 Å². The quantitative estimate of drug-likeness (QED) is 0.750. The molecule has 1 unspecified atom stereocenters. The Balaban J connectivity index is 0.000000758. The van der Waals surface area contributed by atoms with Gasteiger partial charge in [-0.3, -0.25) is 4.79 Å². The van der Waals surface area contributed by atoms with Crippen molar-refractivity contribution in [3.63, 3.8) is 0 Å². The zero-order valence-corrected chi connectivity index (χ0v) is 16.0. The molecule has 0 radical (unpaired) electrons. The predicted octanol–water partition coefficient (Wildman–Crippen LogP) is 2.49. The third kappa shape index (κ3) is 6.53. The number of aryl methyl sites for hydroxylation is 2. The van der Waals surface area contributed by atoms with E-state index in [2.05, 4.69) is 27.1 Å². The molecule has 0 aromatic carbocycles. The summed E-state index contributed by atoms with van der Waals surface area (Å²) in [5.74, 6) is 1.90. The van der Waals surface area contributed by atoms with Crippen LogP contribution in [0.25, 0.3) is 0 Å². The summed E-state index contributed by atoms with van der Waals surface area (Å²) >= 11 is 0. The summed E-state index contributed by atoms with van der Waals surface area (Å²) in [6, 6.07) is 0.528. The number of aromatic nitrogens is 2. The third-order valence-electron chi connectivity index (χ3n) is 4.92. The lowest BCUT2D eigenvalue weighted by atomic mass is 10.0. The molecule has 0 bridgehead atoms. The van der Waals surface area contributed by atoms with Crippen molar-refractivity contribution in [1.29, 1.82) is 0 Å². The second kappa shape index (κ2) is 11.1. The van der Waals surface area contributed by atoms with E-state index in [1.165, 1.54) is 31.2 Å². The molecule has 1 atom stereocenters. The van der Waals surface area contributed by atoms with E-state index in [1.54, 1.807) is 0 Å². The van der Waals surface area contributed by atoms with Crippen molar-refractivity contribution in [3.05, 3.63) is 17.6 Å². The lowest BCUT2D eigenvalue weighted by Crippen LogP contribution is -2.42. The molecule has 26 heavy (non-hydrogen) atoms. The molecule has 0 aliphatic carbocycles. The molecule has 2 aliphatic rings. The van der Waals surface area contributed by atoms with Crippen LogP contribution in [0.2, 0.25) is 0 Å². The highest BCUT2D eigenvalue weighted by Crippen LogP contribution is 2.21. The zero-order chi connectivity index (χ0) is 18.8. The first kappa shape index (κ1) is 20.6. The minimum atomic E-state index is -0.250. The minimum Gasteiger partial charge on any atom is -0.483 e. The molecule has 3 rings (SSSR count). The Morgan fingerprint density at radius 2 is 2.12 bits per heavy atom. The molecule has 1 aromatic heterocycles. The highest BCUT2D eigenvalue weighted by Gasteiger charge is 2.24. The summed E-state index contributed by atoms with van der Waals surface area (Å²) in [6.45, 7) is 8.30. The molecule has 0 saturated carbocycles. The van der Waals surface area contributed by atoms with Crippen molar-refractivity contribution in [2.75, 3.05) is 31.6 Å². The van der Waals surface area contributed by atoms with Crippen LogP contribution in [0.1, 0.15) is 50.4 Å². The monoisotopic (exact) mass is 364 g/mol. The van der Waals surface area contributed by atoms with E-state index in [0.717, 1.165) is 50.7 Å². The van der Waals surface area contributed by atoms with Gasteiger partial charge in [-0.25, -0.2) is 9.97 Å². The van der Waals surface area contributed by atoms with Gasteiger partial charge in [0, 0.05) is 44.0 Å². The molecule has 3 heterocycles. The van der Waals surface area contributed by atoms with Crippen molar-refractivity contribution in [2.24, 2.45) is 0 Å². The van der Waals surface area contributed by atoms with E-state index in [1.807, 2.05) is 13.1 Å². The first-order chi connectivity index (χ1) is 12.7. The average Bonchev–Trinajstić information content (AvgIpc) is 3.13. The van der Waals surface area contributed by atoms with Crippen LogP contribution in [0.4, 0.5) is 5.82 Å². The Labute approximate surface area is 156 Å². The maximum atomic E-state index is 8.36. The lowest BCUT2D eigenvalue weighted by molar-refractivity contribution is -0.122. The molecule has 0 amide bonds. The standard InChI is InChI=1S/C18H30N4O.CH2O2/c1-3-5-15-12-19-14(2)20-18(15)21-16-7-9-22(10-8-16)13-17-6-4-11-23-17;2-1-3/h12,16-17H,3-11,13H2,1-2H3,(H,19,20,21);1H,(H,2,3). The molecule has 0 spiro atoms. The number of likely N-dealkylation sites (tertiary alicyclic amines) is 1. The zero-order valence-electron chi connectivity index (χ0n) is 16.0. The summed E-state index contributed by atoms with van der Waals surface area (Å²) in [7, 11) is 0. The smallest absolute Gasteiger partial charge is 0.290 e. The number of nitrogens with one attached hydrogen (secondary N) is 1. The maximum Gasteiger partial charge on any atom is 0.290 e. The Morgan fingerprint density at radius 1 is 1.38 bits per heavy atom. The Hall–Kier alpha value is -1.73. The second-order valence-electron chi connectivity index (χ2n) is 7.00. The SMILES string of the molecule is CCCc1cnc(C)nc1NC1CCN(CC2CCCO2)CC1.O=CO. The van der Waals surface area contributed by atoms with Gasteiger partial charge in [0.25, 0.3) is 6.47 Å². The number of rotatable bonds is 6. The van der Waals surface area contributed by atoms with Gasteiger partial charge in [-0.15, -0.1) is 0 Å². The molecule has 2 fully saturated rings. The van der Waals surface area contributed by atoms with E-state index in [-0.39, 0.29) is 6.47 Å². The van der Waals surface area contributed by atoms with Gasteiger partial charge in [0.1, 0.15) is 11.6 Å². The number of piperidine rings is 1. The fraction of sp³-hybridized carbons (Fsp3) is 0.737. The normalized spacial score (nSPS) is 21.1. The van der Waals surface area contributed by atoms with E-state index in [4.69, 9.17) is 14.6 Å². The summed E-state index contributed by atoms with van der Waals surface area (Å²) < 4.78 is 5.76. The van der Waals surface area contributed by atoms with Crippen molar-refractivity contribution in [1.82, 2.24) is 14.9 Å². The molecule has 7 nitrogen and oxygen atoms in total. The number of carboxylic acid groups (broad SMARTS) is 1. The molecular formula is C19H32N4O3. The first-order valence-electron chi connectivity index (χ1n) is 9.67. The molecular weight excluding hydrogens is 332 g/mol. The fourth-order valence-corrected chi connectivity index (χ4v) is 3.60. The topological polar surface area (TPSA) is 87.6 Å². The fourth-order valence-electron chi connectivity index (χ4n) is 3.60. The van der Waals surface area contributed by atoms with E-state index < -0.39 is 0 Å². The summed E-state index contributed by atoms with van der Waals surface area (Å²) in [5, 5.41) is 10.6. The van der Waals surface area contributed by atoms with Crippen molar-refractivity contribution >= 4 is 12.3 Å². The Bertz CT molecular complexity index is 542. The predicted molar refractivity (Wildman–Crippen MR) is 102 cm³/mol. The van der Waals surface area contributed by atoms with Crippen LogP contribution in [0.5, 0.6) is 0 Å². The number of hydrogen-bond acceptors (Lipinski definition) is 6. The van der Waals surface area contributed by atoms with Gasteiger partial charge in [-0.05, 0) is 39.0 Å². The van der Waals surface area contributed by atoms with Crippen LogP contribution >= 0.6 is 0 Å². The molecule has 7 heteroatoms. The first-order valence-corrected chi connectivity index (χ1v) is 9.67. The van der Waals surface area contributed by atoms with Crippen LogP contribution in [0, 0.1) is 6.92 Å². The molecule has 1 aromatic rings. The van der Waals surface area contributed by atoms with Crippen LogP contribution < -0.4 is 5.32 Å². The molecule has 2 aliphatic heterocycles. The third-order valence-corrected chi connectivity index (χ3v) is 4.92. The highest BCUT2D eigenvalue weighted by atomic mass is 16.5. The van der Waals surface area contributed by atoms with Crippen LogP contribution in [0.3, 0.4) is 0 Å². The minimum absolute atomic E-state index is 0.250. The highest BCUT2D eigenvalue weighted by molar-refractivity contribution is 5.44. The van der Waals surface area contributed by atoms with Gasteiger partial charge in [0.15, 0.2) is 0 Å². The van der Waals surface area contributed by atoms with Crippen molar-refractivity contribution in [3.8, 4) is 0 Å². The van der Waals surface area contributed by atoms with Gasteiger partial charge in [0.05, 0.1) is 6.10 Å². The molecule has 2 saturated heterocycles. The maximum absolute atomic E-state index is 8.36. The van der Waals surface area contributed by atoms with Gasteiger partial charge in [-0.1, -0.05) is 13.3 Å². The number of ether oxygens (including phenoxy) is 1. The second-order valence-corrected chi connectivity index (χ2v) is 7.00. The Morgan fingerprint density at radius 3 is 2.73 bits per heavy atom. The van der Waals surface area contributed by atoms with E-state index in [0.29, 0.717) is 12.1 Å². The van der Waals surface area contributed by atoms with Gasteiger partial charge in [0.2, 0.25) is 0 Å². The number of hydrogen-bond donors (Lipinski definition) is 2. The summed E-state index contributed by atoms with van der Waals surface area (Å²) in [4.78, 5) is 19.9. The van der Waals surface area contributed by atoms with E-state index in [9.17, 15) is 0 Å². The number of carbonyl (C=O) groups is 1.